The highest BCUT2D eigenvalue weighted by molar-refractivity contribution is 5.74. The lowest BCUT2D eigenvalue weighted by Gasteiger charge is -2.21. The summed E-state index contributed by atoms with van der Waals surface area (Å²) in [6.07, 6.45) is 36.5. The van der Waals surface area contributed by atoms with E-state index >= 15 is 0 Å². The summed E-state index contributed by atoms with van der Waals surface area (Å²) in [5.74, 6) is 8.19. The quantitative estimate of drug-likeness (QED) is 0.00578. The van der Waals surface area contributed by atoms with Crippen molar-refractivity contribution in [3.8, 4) is 49.4 Å². The van der Waals surface area contributed by atoms with E-state index in [2.05, 4.69) is 141 Å². The number of aliphatic carboxylic acids is 2. The molecule has 16 atom stereocenters. The number of carbonyl (C=O) groups is 6. The van der Waals surface area contributed by atoms with Crippen LogP contribution >= 0.6 is 0 Å². The zero-order chi connectivity index (χ0) is 106. The summed E-state index contributed by atoms with van der Waals surface area (Å²) in [5.41, 5.74) is 31.5. The lowest BCUT2D eigenvalue weighted by Crippen LogP contribution is -2.31. The Kier molecular flexibility index (Phi) is 53.2. The van der Waals surface area contributed by atoms with Crippen molar-refractivity contribution < 1.29 is 96.6 Å². The van der Waals surface area contributed by atoms with Crippen LogP contribution in [0.2, 0.25) is 0 Å². The lowest BCUT2D eigenvalue weighted by molar-refractivity contribution is -0.144. The molecule has 8 aliphatic carbocycles. The van der Waals surface area contributed by atoms with Gasteiger partial charge in [-0.05, 0) is 182 Å². The minimum Gasteiger partial charge on any atom is -0.481 e. The molecule has 0 spiro atoms. The number of esters is 4. The van der Waals surface area contributed by atoms with Gasteiger partial charge in [0.05, 0.1) is 126 Å². The molecule has 0 unspecified atom stereocenters. The second-order valence-corrected chi connectivity index (χ2v) is 36.3. The van der Waals surface area contributed by atoms with Crippen LogP contribution < -0.4 is 22.1 Å². The van der Waals surface area contributed by atoms with E-state index in [4.69, 9.17) is 94.7 Å². The van der Waals surface area contributed by atoms with Crippen LogP contribution in [0.4, 0.5) is 0 Å². The smallest absolute Gasteiger partial charge is 0.305 e. The predicted octanol–water partition coefficient (Wildman–Crippen LogP) is 15.7. The van der Waals surface area contributed by atoms with Crippen molar-refractivity contribution in [3.05, 3.63) is 283 Å². The number of ether oxygens (including phenoxy) is 10. The van der Waals surface area contributed by atoms with Crippen LogP contribution in [0.5, 0.6) is 0 Å². The molecule has 28 nitrogen and oxygen atoms in total. The molecule has 0 fully saturated rings. The maximum atomic E-state index is 11.3. The molecule has 0 bridgehead atoms. The molecule has 0 amide bonds. The van der Waals surface area contributed by atoms with Gasteiger partial charge in [0.2, 0.25) is 0 Å². The fourth-order valence-corrected chi connectivity index (χ4v) is 19.2. The van der Waals surface area contributed by atoms with E-state index < -0.39 is 11.9 Å². The number of aliphatic hydroxyl groups excluding tert-OH is 2. The monoisotopic (exact) mass is 2020 g/mol. The van der Waals surface area contributed by atoms with Crippen molar-refractivity contribution in [2.75, 3.05) is 92.2 Å². The number of hydrogen-bond donors (Lipinski definition) is 8. The Bertz CT molecular complexity index is 5720. The summed E-state index contributed by atoms with van der Waals surface area (Å²) < 4.78 is 55.0. The lowest BCUT2D eigenvalue weighted by atomic mass is 10.0. The summed E-state index contributed by atoms with van der Waals surface area (Å²) in [7, 11) is 0. The number of nitrogens with two attached hydrogens (primary N) is 2. The van der Waals surface area contributed by atoms with Crippen molar-refractivity contribution >= 4 is 61.7 Å². The van der Waals surface area contributed by atoms with E-state index in [1.165, 1.54) is 77.9 Å². The first-order valence-corrected chi connectivity index (χ1v) is 51.4. The van der Waals surface area contributed by atoms with Gasteiger partial charge in [-0.3, -0.25) is 59.4 Å². The standard InChI is InChI=1S/C19H23NO3.C18H23NO3.C17H19NO3.C16H21NO3.C16H19NO3.C15H21NO3.C10H11NO.C9H11NO/c1-3-11-20-14-17-16-9-6-5-8-15(16)13-18(17)23-12-7-10-19(21)22-4-2;1-3-11-19-18-15-9-6-5-8-14(15)13-16(18)22-12-7-10-17(20)21-4-2;1-2-9-18-12-15-14-7-4-3-6-13(14)11-16(15)21-10-5-8-17(19)20;1-3-19-15(18)9-6-10-20-14-11-12-7-4-5-8-13(12)16(14)17-2;1-2-9-17-16-13-7-4-3-6-12(13)11-14(16)20-10-5-8-15(18)19;1-2-18-14(17)8-5-9-19-13-10-11-6-3-4-7-12(11)15(13)16;1-11-10-8-5-3-2-4-7(8)6-9(10)12;10-9-7-4-2-1-3-6(7)5-8(9)11/h1,5-6,8-9,14,17-18H,4,7,10-13H2,2H3;1,5-6,8-9,16,18-19H,4,7,10-13H2,2H3;1,3-4,6-7,12,15-16H,5,8-11H2,(H,19,20);4-5,7-8,14,16H,2-3,6,9-11H2,1H3;1,3-4,6-7,14,16-17H,5,8-11H2,(H,18,19);3-4,6-7,13,15H,2,5,8-10,16H2,1H3;2-5,9-10,12H,1,6H2;1-4,8-9,11H,5,10H2/t17-,18+;16-,18+;15-,16+;2*14-,16+;13-,15+;9-,10+;8-,9+/m01011111/s1. The number of fused-ring (bicyclic) bond motifs is 8. The van der Waals surface area contributed by atoms with Crippen molar-refractivity contribution in [2.45, 2.75) is 253 Å². The largest absolute Gasteiger partial charge is 0.481 e. The number of nitrogens with zero attached hydrogens (tertiary/aromatic N) is 4. The number of rotatable bonds is 44. The molecule has 0 saturated heterocycles. The van der Waals surface area contributed by atoms with Crippen LogP contribution in [-0.2, 0) is 128 Å². The van der Waals surface area contributed by atoms with Crippen LogP contribution in [0.15, 0.2) is 214 Å². The highest BCUT2D eigenvalue weighted by Gasteiger charge is 2.39. The molecular weight excluding hydrogens is 1870 g/mol. The Morgan fingerprint density at radius 3 is 0.946 bits per heavy atom. The fraction of sp³-hybridized carbons (Fsp3) is 0.450. The van der Waals surface area contributed by atoms with Gasteiger partial charge < -0.3 is 79.3 Å². The first-order valence-electron chi connectivity index (χ1n) is 51.4. The molecule has 10 N–H and O–H groups in total. The molecule has 8 aliphatic rings. The number of benzene rings is 8. The SMILES string of the molecule is C#CCN=C[C@H]1c2ccccc2C[C@H]1OCCCC(=O)O.C#CCN=C[C@H]1c2ccccc2C[C@H]1OCCCC(=O)OCC.C#CCN[C@H]1c2ccccc2C[C@H]1OCCCC(=O)O.C#CCN[C@H]1c2ccccc2C[C@H]1OCCCC(=O)OCC.C=N[C@H]1c2ccccc2C[C@H]1O.C=N[C@H]1c2ccccc2C[C@H]1OCCCC(=O)OCC.CCOC(=O)CCCO[C@@H]1Cc2ccccc2[C@@H]1N.N[C@H]1c2ccccc2C[C@H]1O. The summed E-state index contributed by atoms with van der Waals surface area (Å²) in [5, 5.41) is 42.9. The number of hydrogen-bond acceptors (Lipinski definition) is 26. The van der Waals surface area contributed by atoms with Crippen LogP contribution in [-0.4, -0.2) is 223 Å². The average molecular weight is 2020 g/mol. The second kappa shape index (κ2) is 66.4. The summed E-state index contributed by atoms with van der Waals surface area (Å²) in [6.45, 7) is 20.9. The third-order valence-electron chi connectivity index (χ3n) is 26.2. The van der Waals surface area contributed by atoms with Gasteiger partial charge in [-0.1, -0.05) is 218 Å². The minimum atomic E-state index is -0.791. The molecule has 0 heterocycles. The number of nitrogens with one attached hydrogen (secondary N) is 2. The molecular formula is C120H148N8O20. The van der Waals surface area contributed by atoms with Gasteiger partial charge in [0, 0.05) is 141 Å². The van der Waals surface area contributed by atoms with Gasteiger partial charge in [-0.25, -0.2) is 0 Å². The van der Waals surface area contributed by atoms with Crippen molar-refractivity contribution in [3.63, 3.8) is 0 Å². The Balaban J connectivity index is 0.000000189. The molecule has 8 aromatic rings. The molecule has 16 rings (SSSR count). The number of aliphatic hydroxyl groups is 2. The third kappa shape index (κ3) is 38.0. The summed E-state index contributed by atoms with van der Waals surface area (Å²) in [6, 6.07) is 65.2. The van der Waals surface area contributed by atoms with Crippen LogP contribution in [0.1, 0.15) is 242 Å². The number of carbonyl (C=O) groups excluding carboxylic acids is 4. The predicted molar refractivity (Wildman–Crippen MR) is 576 cm³/mol. The van der Waals surface area contributed by atoms with Crippen LogP contribution in [0, 0.1) is 49.4 Å². The van der Waals surface area contributed by atoms with Crippen LogP contribution in [0.25, 0.3) is 0 Å². The maximum Gasteiger partial charge on any atom is 0.305 e. The van der Waals surface area contributed by atoms with Gasteiger partial charge in [0.25, 0.3) is 0 Å². The number of terminal acetylenes is 4. The Labute approximate surface area is 873 Å². The molecule has 788 valence electrons. The Morgan fingerprint density at radius 2 is 0.601 bits per heavy atom. The van der Waals surface area contributed by atoms with Gasteiger partial charge in [0.1, 0.15) is 12.1 Å². The zero-order valence-electron chi connectivity index (χ0n) is 85.9. The first-order chi connectivity index (χ1) is 72.0. The Morgan fingerprint density at radius 1 is 0.338 bits per heavy atom. The minimum absolute atomic E-state index is 0.00814. The van der Waals surface area contributed by atoms with Gasteiger partial charge in [-0.15, -0.1) is 25.7 Å². The van der Waals surface area contributed by atoms with E-state index in [-0.39, 0.29) is 134 Å². The molecule has 8 aromatic carbocycles. The second-order valence-electron chi connectivity index (χ2n) is 36.3. The third-order valence-corrected chi connectivity index (χ3v) is 26.2. The van der Waals surface area contributed by atoms with Crippen molar-refractivity contribution in [1.29, 1.82) is 0 Å². The van der Waals surface area contributed by atoms with E-state index in [0.29, 0.717) is 169 Å². The van der Waals surface area contributed by atoms with Crippen molar-refractivity contribution in [2.24, 2.45) is 31.4 Å². The maximum absolute atomic E-state index is 11.3. The Hall–Kier alpha value is -13.0. The molecule has 28 heteroatoms. The average Bonchev–Trinajstić information content (AvgIpc) is 1.65. The van der Waals surface area contributed by atoms with E-state index in [1.54, 1.807) is 0 Å². The molecule has 0 saturated carbocycles. The van der Waals surface area contributed by atoms with Gasteiger partial charge >= 0.3 is 35.8 Å². The summed E-state index contributed by atoms with van der Waals surface area (Å²) in [4.78, 5) is 82.7. The van der Waals surface area contributed by atoms with Crippen LogP contribution in [0.3, 0.4) is 0 Å². The number of aliphatic imine (C=N–C) groups is 4. The first kappa shape index (κ1) is 119. The topological polar surface area (TPSA) is 401 Å². The number of carboxylic acid groups (broad SMARTS) is 2. The zero-order valence-corrected chi connectivity index (χ0v) is 85.9. The molecule has 0 aliphatic heterocycles. The normalized spacial score (nSPS) is 21.3. The van der Waals surface area contributed by atoms with Crippen molar-refractivity contribution in [1.82, 2.24) is 10.6 Å². The van der Waals surface area contributed by atoms with E-state index in [0.717, 1.165) is 49.7 Å². The van der Waals surface area contributed by atoms with Gasteiger partial charge in [0.15, 0.2) is 0 Å². The number of carboxylic acids is 2. The van der Waals surface area contributed by atoms with Gasteiger partial charge in [-0.2, -0.15) is 0 Å². The molecule has 148 heavy (non-hydrogen) atoms. The van der Waals surface area contributed by atoms with E-state index in [1.807, 2.05) is 161 Å². The highest BCUT2D eigenvalue weighted by atomic mass is 16.6. The molecule has 0 radical (unpaired) electrons. The fourth-order valence-electron chi connectivity index (χ4n) is 19.2. The summed E-state index contributed by atoms with van der Waals surface area (Å²) >= 11 is 0. The molecule has 0 aromatic heterocycles. The van der Waals surface area contributed by atoms with E-state index in [9.17, 15) is 39.0 Å². The highest BCUT2D eigenvalue weighted by Crippen LogP contribution is 2.41.